The summed E-state index contributed by atoms with van der Waals surface area (Å²) in [6.07, 6.45) is 4.59. The van der Waals surface area contributed by atoms with Crippen LogP contribution in [0.25, 0.3) is 0 Å². The molecule has 0 aromatic carbocycles. The molecule has 0 amide bonds. The molecule has 1 aliphatic heterocycles. The van der Waals surface area contributed by atoms with Gasteiger partial charge in [-0.1, -0.05) is 19.3 Å². The first-order valence-corrected chi connectivity index (χ1v) is 6.50. The Morgan fingerprint density at radius 1 is 1.21 bits per heavy atom. The Hall–Kier alpha value is -0.580. The molecular weight excluding hydrogens is 204 g/mol. The van der Waals surface area contributed by atoms with Crippen molar-refractivity contribution in [3.8, 4) is 0 Å². The molecule has 0 aromatic rings. The highest BCUT2D eigenvalue weighted by Gasteiger charge is 2.61. The fraction of sp³-hybridized carbons (Fsp3) is 0.889. The third-order valence-corrected chi connectivity index (χ3v) is 6.48. The number of rotatable bonds is 1. The van der Waals surface area contributed by atoms with Gasteiger partial charge in [0.25, 0.3) is 0 Å². The van der Waals surface area contributed by atoms with Crippen molar-refractivity contribution in [1.82, 2.24) is 0 Å². The monoisotopic (exact) mass is 218 g/mol. The number of carbonyl (C=O) groups is 1. The summed E-state index contributed by atoms with van der Waals surface area (Å²) in [4.78, 5) is 10.6. The van der Waals surface area contributed by atoms with Gasteiger partial charge in [-0.05, 0) is 19.3 Å². The highest BCUT2D eigenvalue weighted by molar-refractivity contribution is 7.95. The lowest BCUT2D eigenvalue weighted by Gasteiger charge is -2.47. The molecule has 4 nitrogen and oxygen atoms in total. The molecular formula is C9H14O4S. The second kappa shape index (κ2) is 2.95. The van der Waals surface area contributed by atoms with Crippen molar-refractivity contribution in [2.45, 2.75) is 48.5 Å². The first-order valence-electron chi connectivity index (χ1n) is 4.96. The van der Waals surface area contributed by atoms with Gasteiger partial charge < -0.3 is 5.11 Å². The molecule has 2 aliphatic rings. The zero-order chi connectivity index (χ0) is 10.4. The molecule has 1 saturated carbocycles. The normalized spacial score (nSPS) is 33.6. The van der Waals surface area contributed by atoms with Gasteiger partial charge in [-0.25, -0.2) is 8.42 Å². The Morgan fingerprint density at radius 2 is 1.79 bits per heavy atom. The lowest BCUT2D eigenvalue weighted by molar-refractivity contribution is -0.137. The van der Waals surface area contributed by atoms with E-state index >= 15 is 0 Å². The van der Waals surface area contributed by atoms with Crippen molar-refractivity contribution in [2.75, 3.05) is 0 Å². The predicted octanol–water partition coefficient (Wildman–Crippen LogP) is 0.961. The fourth-order valence-corrected chi connectivity index (χ4v) is 5.04. The SMILES string of the molecule is O=C(O)C1CC2(CCCCC2)S1(=O)=O. The van der Waals surface area contributed by atoms with Gasteiger partial charge in [0.15, 0.2) is 15.1 Å². The minimum atomic E-state index is -3.38. The fourth-order valence-electron chi connectivity index (χ4n) is 2.67. The van der Waals surface area contributed by atoms with Crippen LogP contribution in [0.1, 0.15) is 38.5 Å². The van der Waals surface area contributed by atoms with Crippen LogP contribution in [-0.4, -0.2) is 29.5 Å². The molecule has 0 bridgehead atoms. The first-order chi connectivity index (χ1) is 6.50. The van der Waals surface area contributed by atoms with Gasteiger partial charge in [0, 0.05) is 0 Å². The van der Waals surface area contributed by atoms with Crippen LogP contribution in [0.5, 0.6) is 0 Å². The van der Waals surface area contributed by atoms with E-state index in [1.165, 1.54) is 0 Å². The van der Waals surface area contributed by atoms with E-state index in [-0.39, 0.29) is 0 Å². The van der Waals surface area contributed by atoms with Crippen LogP contribution in [0.4, 0.5) is 0 Å². The van der Waals surface area contributed by atoms with Crippen LogP contribution < -0.4 is 0 Å². The minimum absolute atomic E-state index is 0.338. The van der Waals surface area contributed by atoms with Crippen molar-refractivity contribution in [3.05, 3.63) is 0 Å². The smallest absolute Gasteiger partial charge is 0.321 e. The van der Waals surface area contributed by atoms with Crippen LogP contribution in [0, 0.1) is 0 Å². The molecule has 1 heterocycles. The van der Waals surface area contributed by atoms with Crippen molar-refractivity contribution >= 4 is 15.8 Å². The lowest BCUT2D eigenvalue weighted by atomic mass is 9.84. The first kappa shape index (κ1) is 9.96. The molecule has 1 saturated heterocycles. The standard InChI is InChI=1S/C9H14O4S/c10-8(11)7-6-9(14(7,12)13)4-2-1-3-5-9/h7H,1-6H2,(H,10,11). The molecule has 2 rings (SSSR count). The van der Waals surface area contributed by atoms with E-state index in [1.54, 1.807) is 0 Å². The Morgan fingerprint density at radius 3 is 2.21 bits per heavy atom. The van der Waals surface area contributed by atoms with Gasteiger partial charge in [0.1, 0.15) is 0 Å². The number of hydrogen-bond acceptors (Lipinski definition) is 3. The van der Waals surface area contributed by atoms with Crippen LogP contribution in [0.2, 0.25) is 0 Å². The van der Waals surface area contributed by atoms with Crippen molar-refractivity contribution in [2.24, 2.45) is 0 Å². The second-order valence-corrected chi connectivity index (χ2v) is 6.84. The molecule has 1 atom stereocenters. The molecule has 1 aliphatic carbocycles. The van der Waals surface area contributed by atoms with Gasteiger partial charge in [-0.3, -0.25) is 4.79 Å². The number of aliphatic carboxylic acids is 1. The highest BCUT2D eigenvalue weighted by Crippen LogP contribution is 2.49. The Bertz CT molecular complexity index is 351. The Kier molecular flexibility index (Phi) is 2.10. The zero-order valence-electron chi connectivity index (χ0n) is 7.90. The maximum atomic E-state index is 11.8. The van der Waals surface area contributed by atoms with Gasteiger partial charge >= 0.3 is 5.97 Å². The number of carboxylic acids is 1. The third-order valence-electron chi connectivity index (χ3n) is 3.58. The van der Waals surface area contributed by atoms with Gasteiger partial charge in [-0.2, -0.15) is 0 Å². The van der Waals surface area contributed by atoms with Crippen molar-refractivity contribution < 1.29 is 18.3 Å². The van der Waals surface area contributed by atoms with Crippen LogP contribution in [0.15, 0.2) is 0 Å². The summed E-state index contributed by atoms with van der Waals surface area (Å²) < 4.78 is 22.9. The molecule has 14 heavy (non-hydrogen) atoms. The quantitative estimate of drug-likeness (QED) is 0.711. The zero-order valence-corrected chi connectivity index (χ0v) is 8.72. The van der Waals surface area contributed by atoms with Crippen LogP contribution >= 0.6 is 0 Å². The summed E-state index contributed by atoms with van der Waals surface area (Å²) in [6.45, 7) is 0. The van der Waals surface area contributed by atoms with Crippen LogP contribution in [-0.2, 0) is 14.6 Å². The molecule has 80 valence electrons. The van der Waals surface area contributed by atoms with Crippen LogP contribution in [0.3, 0.4) is 0 Å². The predicted molar refractivity (Wildman–Crippen MR) is 50.8 cm³/mol. The topological polar surface area (TPSA) is 71.4 Å². The summed E-state index contributed by atoms with van der Waals surface area (Å²) in [5.41, 5.74) is 0. The molecule has 5 heteroatoms. The Labute approximate surface area is 83.2 Å². The number of sulfone groups is 1. The molecule has 0 aromatic heterocycles. The lowest BCUT2D eigenvalue weighted by Crippen LogP contribution is -2.61. The maximum absolute atomic E-state index is 11.8. The molecule has 0 radical (unpaired) electrons. The van der Waals surface area contributed by atoms with Gasteiger partial charge in [-0.15, -0.1) is 0 Å². The summed E-state index contributed by atoms with van der Waals surface area (Å²) >= 11 is 0. The van der Waals surface area contributed by atoms with E-state index in [1.807, 2.05) is 0 Å². The van der Waals surface area contributed by atoms with Crippen molar-refractivity contribution in [1.29, 1.82) is 0 Å². The van der Waals surface area contributed by atoms with E-state index in [2.05, 4.69) is 0 Å². The molecule has 1 N–H and O–H groups in total. The number of hydrogen-bond donors (Lipinski definition) is 1. The largest absolute Gasteiger partial charge is 0.480 e. The van der Waals surface area contributed by atoms with E-state index in [0.717, 1.165) is 19.3 Å². The van der Waals surface area contributed by atoms with E-state index in [4.69, 9.17) is 5.11 Å². The highest BCUT2D eigenvalue weighted by atomic mass is 32.2. The summed E-state index contributed by atoms with van der Waals surface area (Å²) in [7, 11) is -3.38. The Balaban J connectivity index is 2.23. The number of carboxylic acid groups (broad SMARTS) is 1. The second-order valence-electron chi connectivity index (χ2n) is 4.32. The minimum Gasteiger partial charge on any atom is -0.480 e. The molecule has 1 spiro atoms. The van der Waals surface area contributed by atoms with E-state index < -0.39 is 25.8 Å². The van der Waals surface area contributed by atoms with E-state index in [9.17, 15) is 13.2 Å². The maximum Gasteiger partial charge on any atom is 0.321 e. The van der Waals surface area contributed by atoms with E-state index in [0.29, 0.717) is 19.3 Å². The van der Waals surface area contributed by atoms with Crippen molar-refractivity contribution in [3.63, 3.8) is 0 Å². The average molecular weight is 218 g/mol. The summed E-state index contributed by atoms with van der Waals surface area (Å²) in [5.74, 6) is -1.18. The molecule has 1 unspecified atom stereocenters. The van der Waals surface area contributed by atoms with Gasteiger partial charge in [0.2, 0.25) is 0 Å². The molecule has 2 fully saturated rings. The third kappa shape index (κ3) is 1.11. The summed E-state index contributed by atoms with van der Waals surface area (Å²) in [5, 5.41) is 7.58. The van der Waals surface area contributed by atoms with Gasteiger partial charge in [0.05, 0.1) is 4.75 Å². The summed E-state index contributed by atoms with van der Waals surface area (Å²) in [6, 6.07) is 0. The average Bonchev–Trinajstić information content (AvgIpc) is 2.15.